The van der Waals surface area contributed by atoms with Crippen LogP contribution >= 0.6 is 31.9 Å². The summed E-state index contributed by atoms with van der Waals surface area (Å²) >= 11 is 6.85. The first kappa shape index (κ1) is 46.6. The van der Waals surface area contributed by atoms with E-state index >= 15 is 0 Å². The molecule has 0 amide bonds. The quantitative estimate of drug-likeness (QED) is 0.0518. The number of carboxylic acids is 1. The van der Waals surface area contributed by atoms with Crippen molar-refractivity contribution in [3.63, 3.8) is 0 Å². The summed E-state index contributed by atoms with van der Waals surface area (Å²) in [6, 6.07) is 14.5. The van der Waals surface area contributed by atoms with Gasteiger partial charge in [0.05, 0.1) is 8.95 Å². The summed E-state index contributed by atoms with van der Waals surface area (Å²) in [4.78, 5) is 19.3. The van der Waals surface area contributed by atoms with E-state index in [1.807, 2.05) is 57.2 Å². The normalized spacial score (nSPS) is 11.8. The molecule has 0 aliphatic heterocycles. The molecule has 0 radical (unpaired) electrons. The molecule has 0 aliphatic carbocycles. The fourth-order valence-electron chi connectivity index (χ4n) is 5.66. The van der Waals surface area contributed by atoms with E-state index < -0.39 is 31.5 Å². The fourth-order valence-corrected chi connectivity index (χ4v) is 6.62. The molecule has 4 aromatic rings. The maximum Gasteiger partial charge on any atom is 0.422 e. The van der Waals surface area contributed by atoms with E-state index in [0.717, 1.165) is 46.2 Å². The van der Waals surface area contributed by atoms with Gasteiger partial charge in [-0.25, -0.2) is 0 Å². The van der Waals surface area contributed by atoms with Gasteiger partial charge in [0, 0.05) is 30.6 Å². The molecule has 0 fully saturated rings. The number of aromatic nitrogens is 2. The van der Waals surface area contributed by atoms with Crippen LogP contribution in [0.15, 0.2) is 57.5 Å². The van der Waals surface area contributed by atoms with Gasteiger partial charge in [-0.1, -0.05) is 49.7 Å². The Labute approximate surface area is 349 Å². The number of unbranched alkanes of at least 4 members (excludes halogenated alkanes) is 1. The van der Waals surface area contributed by atoms with Crippen LogP contribution < -0.4 is 29.6 Å². The highest BCUT2D eigenvalue weighted by Crippen LogP contribution is 2.35. The molecule has 0 saturated carbocycles. The summed E-state index contributed by atoms with van der Waals surface area (Å²) in [6.45, 7) is 4.22. The number of hydrogen-bond donors (Lipinski definition) is 3. The van der Waals surface area contributed by atoms with Crippen LogP contribution in [-0.2, 0) is 31.1 Å². The average molecular weight is 951 g/mol. The second kappa shape index (κ2) is 21.8. The molecule has 316 valence electrons. The van der Waals surface area contributed by atoms with Crippen LogP contribution in [0.5, 0.6) is 23.5 Å². The van der Waals surface area contributed by atoms with Gasteiger partial charge < -0.3 is 34.7 Å². The van der Waals surface area contributed by atoms with Gasteiger partial charge in [-0.3, -0.25) is 4.79 Å². The minimum absolute atomic E-state index is 0.0134. The Morgan fingerprint density at radius 2 is 1.10 bits per heavy atom. The van der Waals surface area contributed by atoms with Crippen LogP contribution in [-0.4, -0.2) is 59.7 Å². The zero-order chi connectivity index (χ0) is 42.5. The van der Waals surface area contributed by atoms with Crippen molar-refractivity contribution in [1.29, 1.82) is 0 Å². The molecule has 18 heteroatoms. The van der Waals surface area contributed by atoms with Gasteiger partial charge in [-0.2, -0.15) is 36.3 Å². The Morgan fingerprint density at radius 1 is 0.672 bits per heavy atom. The van der Waals surface area contributed by atoms with Crippen molar-refractivity contribution in [2.45, 2.75) is 85.1 Å². The Kier molecular flexibility index (Phi) is 17.5. The predicted octanol–water partition coefficient (Wildman–Crippen LogP) is 10.2. The van der Waals surface area contributed by atoms with Gasteiger partial charge in [0.25, 0.3) is 0 Å². The zero-order valence-electron chi connectivity index (χ0n) is 32.0. The van der Waals surface area contributed by atoms with E-state index in [9.17, 15) is 31.1 Å². The van der Waals surface area contributed by atoms with Crippen LogP contribution in [0.2, 0.25) is 0 Å². The van der Waals surface area contributed by atoms with Gasteiger partial charge in [0.15, 0.2) is 13.2 Å². The second-order valence-corrected chi connectivity index (χ2v) is 15.0. The molecule has 0 atom stereocenters. The molecule has 2 heterocycles. The number of nitrogens with one attached hydrogen (secondary N) is 2. The summed E-state index contributed by atoms with van der Waals surface area (Å²) in [7, 11) is 0. The monoisotopic (exact) mass is 948 g/mol. The number of benzene rings is 2. The SMILES string of the molecule is CCCCNCc1cc(Br)c(OCc2cccc(-c3cccc(COc4nc(OCC(F)(F)F)c(CNCCCC(=O)O)cc4Br)c3C)c2C)nc1OCC(F)(F)F. The predicted molar refractivity (Wildman–Crippen MR) is 212 cm³/mol. The van der Waals surface area contributed by atoms with Crippen molar-refractivity contribution >= 4 is 37.8 Å². The summed E-state index contributed by atoms with van der Waals surface area (Å²) in [5.41, 5.74) is 5.87. The molecule has 2 aromatic heterocycles. The molecule has 0 spiro atoms. The lowest BCUT2D eigenvalue weighted by Crippen LogP contribution is -2.22. The number of aliphatic carboxylic acids is 1. The topological polar surface area (TPSA) is 124 Å². The van der Waals surface area contributed by atoms with Gasteiger partial charge in [0.2, 0.25) is 23.5 Å². The number of pyridine rings is 2. The van der Waals surface area contributed by atoms with Crippen molar-refractivity contribution < 1.29 is 55.2 Å². The summed E-state index contributed by atoms with van der Waals surface area (Å²) in [6.07, 6.45) is -7.02. The van der Waals surface area contributed by atoms with Crippen molar-refractivity contribution in [3.05, 3.63) is 90.9 Å². The Bertz CT molecular complexity index is 2000. The highest BCUT2D eigenvalue weighted by Gasteiger charge is 2.30. The number of alkyl halides is 6. The standard InChI is InChI=1S/C40H44Br2F6N4O6/c1-4-5-14-49-18-28-16-32(41)37(51-35(28)57-22-39(43,44)45)55-20-26-9-6-11-30(24(26)2)31-12-7-10-27(25(31)3)21-56-38-33(42)17-29(19-50-15-8-13-34(53)54)36(52-38)58-23-40(46,47)48/h6-7,9-12,16-17,49-50H,4-5,8,13-15,18-23H2,1-3H3,(H,53,54). The molecule has 10 nitrogen and oxygen atoms in total. The number of ether oxygens (including phenoxy) is 4. The average Bonchev–Trinajstić information content (AvgIpc) is 3.15. The van der Waals surface area contributed by atoms with Crippen molar-refractivity contribution in [1.82, 2.24) is 20.6 Å². The van der Waals surface area contributed by atoms with Crippen LogP contribution in [0, 0.1) is 13.8 Å². The lowest BCUT2D eigenvalue weighted by molar-refractivity contribution is -0.154. The van der Waals surface area contributed by atoms with Crippen LogP contribution in [0.1, 0.15) is 66.0 Å². The Hall–Kier alpha value is -4.13. The smallest absolute Gasteiger partial charge is 0.422 e. The largest absolute Gasteiger partial charge is 0.481 e. The van der Waals surface area contributed by atoms with Crippen LogP contribution in [0.3, 0.4) is 0 Å². The highest BCUT2D eigenvalue weighted by molar-refractivity contribution is 9.10. The van der Waals surface area contributed by atoms with Crippen molar-refractivity contribution in [3.8, 4) is 34.6 Å². The van der Waals surface area contributed by atoms with Crippen LogP contribution in [0.4, 0.5) is 26.3 Å². The number of nitrogens with zero attached hydrogens (tertiary/aromatic N) is 2. The molecule has 58 heavy (non-hydrogen) atoms. The summed E-state index contributed by atoms with van der Waals surface area (Å²) in [5.74, 6) is -1.32. The third-order valence-electron chi connectivity index (χ3n) is 8.70. The van der Waals surface area contributed by atoms with E-state index in [2.05, 4.69) is 52.5 Å². The lowest BCUT2D eigenvalue weighted by Gasteiger charge is -2.18. The molecule has 0 bridgehead atoms. The maximum atomic E-state index is 13.1. The summed E-state index contributed by atoms with van der Waals surface area (Å²) in [5, 5.41) is 15.0. The van der Waals surface area contributed by atoms with Crippen molar-refractivity contribution in [2.24, 2.45) is 0 Å². The molecule has 4 rings (SSSR count). The zero-order valence-corrected chi connectivity index (χ0v) is 35.2. The van der Waals surface area contributed by atoms with E-state index in [1.165, 1.54) is 0 Å². The molecular formula is C40H44Br2F6N4O6. The first-order valence-corrected chi connectivity index (χ1v) is 19.9. The minimum atomic E-state index is -4.61. The third kappa shape index (κ3) is 14.6. The number of carboxylic acid groups (broad SMARTS) is 1. The Morgan fingerprint density at radius 3 is 1.50 bits per heavy atom. The molecule has 0 saturated heterocycles. The first-order valence-electron chi connectivity index (χ1n) is 18.3. The van der Waals surface area contributed by atoms with E-state index in [0.29, 0.717) is 39.6 Å². The van der Waals surface area contributed by atoms with Gasteiger partial charge in [0.1, 0.15) is 13.2 Å². The van der Waals surface area contributed by atoms with E-state index in [1.54, 1.807) is 12.1 Å². The number of hydrogen-bond acceptors (Lipinski definition) is 9. The molecule has 2 aromatic carbocycles. The Balaban J connectivity index is 1.51. The van der Waals surface area contributed by atoms with E-state index in [4.69, 9.17) is 24.1 Å². The summed E-state index contributed by atoms with van der Waals surface area (Å²) < 4.78 is 102. The molecule has 0 unspecified atom stereocenters. The van der Waals surface area contributed by atoms with Crippen molar-refractivity contribution in [2.75, 3.05) is 26.3 Å². The fraction of sp³-hybridized carbons (Fsp3) is 0.425. The van der Waals surface area contributed by atoms with Gasteiger partial charge in [-0.05, 0) is 117 Å². The van der Waals surface area contributed by atoms with E-state index in [-0.39, 0.29) is 56.2 Å². The third-order valence-corrected chi connectivity index (χ3v) is 9.84. The second-order valence-electron chi connectivity index (χ2n) is 13.2. The van der Waals surface area contributed by atoms with Gasteiger partial charge >= 0.3 is 18.3 Å². The van der Waals surface area contributed by atoms with Gasteiger partial charge in [-0.15, -0.1) is 0 Å². The lowest BCUT2D eigenvalue weighted by atomic mass is 9.92. The molecule has 3 N–H and O–H groups in total. The number of halogens is 8. The first-order chi connectivity index (χ1) is 27.5. The molecule has 0 aliphatic rings. The molecular weight excluding hydrogens is 906 g/mol. The minimum Gasteiger partial charge on any atom is -0.481 e. The number of carbonyl (C=O) groups is 1. The van der Waals surface area contributed by atoms with Crippen LogP contribution in [0.25, 0.3) is 11.1 Å². The highest BCUT2D eigenvalue weighted by atomic mass is 79.9. The maximum absolute atomic E-state index is 13.1. The number of rotatable bonds is 22.